The summed E-state index contributed by atoms with van der Waals surface area (Å²) in [4.78, 5) is 7.78. The molecule has 1 aromatic carbocycles. The van der Waals surface area contributed by atoms with Crippen LogP contribution in [-0.2, 0) is 6.54 Å². The van der Waals surface area contributed by atoms with E-state index < -0.39 is 0 Å². The zero-order valence-electron chi connectivity index (χ0n) is 10.0. The second kappa shape index (κ2) is 4.34. The molecule has 3 rings (SSSR count). The van der Waals surface area contributed by atoms with Crippen molar-refractivity contribution in [3.8, 4) is 11.4 Å². The summed E-state index contributed by atoms with van der Waals surface area (Å²) in [6, 6.07) is 9.17. The van der Waals surface area contributed by atoms with Gasteiger partial charge in [0, 0.05) is 30.0 Å². The van der Waals surface area contributed by atoms with E-state index in [-0.39, 0.29) is 0 Å². The molecule has 17 heavy (non-hydrogen) atoms. The molecule has 0 unspecified atom stereocenters. The maximum atomic E-state index is 4.42. The zero-order valence-corrected chi connectivity index (χ0v) is 10.0. The molecule has 1 saturated carbocycles. The maximum Gasteiger partial charge on any atom is 0.137 e. The lowest BCUT2D eigenvalue weighted by molar-refractivity contribution is 0.677. The average molecular weight is 227 g/mol. The van der Waals surface area contributed by atoms with E-state index in [1.165, 1.54) is 18.4 Å². The van der Waals surface area contributed by atoms with Gasteiger partial charge in [-0.1, -0.05) is 29.8 Å². The van der Waals surface area contributed by atoms with E-state index in [2.05, 4.69) is 46.5 Å². The molecule has 0 radical (unpaired) electrons. The smallest absolute Gasteiger partial charge is 0.137 e. The molecule has 0 amide bonds. The van der Waals surface area contributed by atoms with E-state index in [9.17, 15) is 0 Å². The van der Waals surface area contributed by atoms with Gasteiger partial charge < -0.3 is 10.3 Å². The second-order valence-corrected chi connectivity index (χ2v) is 4.78. The highest BCUT2D eigenvalue weighted by Crippen LogP contribution is 2.20. The minimum absolute atomic E-state index is 0.737. The van der Waals surface area contributed by atoms with Crippen LogP contribution in [0.2, 0.25) is 0 Å². The van der Waals surface area contributed by atoms with Crippen molar-refractivity contribution in [2.45, 2.75) is 32.4 Å². The van der Waals surface area contributed by atoms with Crippen LogP contribution in [0.15, 0.2) is 30.5 Å². The van der Waals surface area contributed by atoms with Crippen LogP contribution in [0.1, 0.15) is 24.1 Å². The number of aromatic nitrogens is 2. The fourth-order valence-corrected chi connectivity index (χ4v) is 1.85. The first kappa shape index (κ1) is 10.5. The van der Waals surface area contributed by atoms with Crippen LogP contribution in [0.25, 0.3) is 11.4 Å². The number of nitrogens with zero attached hydrogens (tertiary/aromatic N) is 1. The van der Waals surface area contributed by atoms with E-state index in [4.69, 9.17) is 0 Å². The number of aromatic amines is 1. The molecule has 1 aromatic heterocycles. The first-order valence-electron chi connectivity index (χ1n) is 6.15. The molecule has 88 valence electrons. The Labute approximate surface area is 101 Å². The number of hydrogen-bond donors (Lipinski definition) is 2. The third kappa shape index (κ3) is 2.56. The fraction of sp³-hybridized carbons (Fsp3) is 0.357. The van der Waals surface area contributed by atoms with E-state index in [1.54, 1.807) is 0 Å². The van der Waals surface area contributed by atoms with Gasteiger partial charge in [-0.05, 0) is 19.8 Å². The zero-order chi connectivity index (χ0) is 11.7. The van der Waals surface area contributed by atoms with E-state index >= 15 is 0 Å². The number of rotatable bonds is 4. The predicted octanol–water partition coefficient (Wildman–Crippen LogP) is 2.64. The van der Waals surface area contributed by atoms with Gasteiger partial charge in [0.1, 0.15) is 5.82 Å². The summed E-state index contributed by atoms with van der Waals surface area (Å²) in [7, 11) is 0. The van der Waals surface area contributed by atoms with Gasteiger partial charge in [0.15, 0.2) is 0 Å². The van der Waals surface area contributed by atoms with E-state index in [1.807, 2.05) is 6.20 Å². The first-order valence-corrected chi connectivity index (χ1v) is 6.15. The summed E-state index contributed by atoms with van der Waals surface area (Å²) < 4.78 is 0. The Bertz CT molecular complexity index is 494. The highest BCUT2D eigenvalue weighted by atomic mass is 15.0. The van der Waals surface area contributed by atoms with Crippen molar-refractivity contribution >= 4 is 0 Å². The van der Waals surface area contributed by atoms with Gasteiger partial charge in [0.2, 0.25) is 0 Å². The van der Waals surface area contributed by atoms with Crippen molar-refractivity contribution in [1.29, 1.82) is 0 Å². The average Bonchev–Trinajstić information content (AvgIpc) is 3.06. The van der Waals surface area contributed by atoms with Gasteiger partial charge in [-0.15, -0.1) is 0 Å². The highest BCUT2D eigenvalue weighted by molar-refractivity contribution is 5.55. The van der Waals surface area contributed by atoms with Crippen molar-refractivity contribution in [3.05, 3.63) is 41.7 Å². The lowest BCUT2D eigenvalue weighted by atomic mass is 10.1. The third-order valence-electron chi connectivity index (χ3n) is 3.11. The molecular formula is C14H17N3. The van der Waals surface area contributed by atoms with Crippen molar-refractivity contribution < 1.29 is 0 Å². The predicted molar refractivity (Wildman–Crippen MR) is 68.6 cm³/mol. The van der Waals surface area contributed by atoms with E-state index in [0.29, 0.717) is 0 Å². The second-order valence-electron chi connectivity index (χ2n) is 4.78. The Morgan fingerprint density at radius 2 is 2.06 bits per heavy atom. The molecule has 0 saturated heterocycles. The fourth-order valence-electron chi connectivity index (χ4n) is 1.85. The van der Waals surface area contributed by atoms with E-state index in [0.717, 1.165) is 29.7 Å². The van der Waals surface area contributed by atoms with Crippen molar-refractivity contribution in [1.82, 2.24) is 15.3 Å². The summed E-state index contributed by atoms with van der Waals surface area (Å²) in [5.74, 6) is 0.956. The van der Waals surface area contributed by atoms with Gasteiger partial charge in [-0.3, -0.25) is 0 Å². The normalized spacial score (nSPS) is 15.1. The Morgan fingerprint density at radius 1 is 1.29 bits per heavy atom. The summed E-state index contributed by atoms with van der Waals surface area (Å²) in [5.41, 5.74) is 3.58. The summed E-state index contributed by atoms with van der Waals surface area (Å²) >= 11 is 0. The Hall–Kier alpha value is -1.61. The Morgan fingerprint density at radius 3 is 2.76 bits per heavy atom. The number of imidazole rings is 1. The molecule has 1 aliphatic rings. The van der Waals surface area contributed by atoms with Gasteiger partial charge in [-0.2, -0.15) is 0 Å². The van der Waals surface area contributed by atoms with Crippen LogP contribution in [0.4, 0.5) is 0 Å². The van der Waals surface area contributed by atoms with Gasteiger partial charge in [0.05, 0.1) is 0 Å². The molecule has 1 fully saturated rings. The van der Waals surface area contributed by atoms with Crippen molar-refractivity contribution in [2.24, 2.45) is 0 Å². The van der Waals surface area contributed by atoms with Crippen LogP contribution < -0.4 is 5.32 Å². The minimum Gasteiger partial charge on any atom is -0.341 e. The molecule has 2 N–H and O–H groups in total. The van der Waals surface area contributed by atoms with Crippen LogP contribution in [-0.4, -0.2) is 16.0 Å². The highest BCUT2D eigenvalue weighted by Gasteiger charge is 2.20. The lowest BCUT2D eigenvalue weighted by Crippen LogP contribution is -2.15. The van der Waals surface area contributed by atoms with Gasteiger partial charge in [-0.25, -0.2) is 4.98 Å². The first-order chi connectivity index (χ1) is 8.31. The molecule has 1 aliphatic carbocycles. The third-order valence-corrected chi connectivity index (χ3v) is 3.11. The molecule has 0 bridgehead atoms. The van der Waals surface area contributed by atoms with Crippen LogP contribution in [0.5, 0.6) is 0 Å². The van der Waals surface area contributed by atoms with Gasteiger partial charge >= 0.3 is 0 Å². The molecule has 0 aliphatic heterocycles. The molecule has 0 atom stereocenters. The van der Waals surface area contributed by atoms with Gasteiger partial charge in [0.25, 0.3) is 0 Å². The van der Waals surface area contributed by atoms with Crippen molar-refractivity contribution in [3.63, 3.8) is 0 Å². The number of nitrogens with one attached hydrogen (secondary N) is 2. The molecule has 1 heterocycles. The minimum atomic E-state index is 0.737. The maximum absolute atomic E-state index is 4.42. The number of benzene rings is 1. The Balaban J connectivity index is 1.72. The molecule has 2 aromatic rings. The number of hydrogen-bond acceptors (Lipinski definition) is 2. The number of aryl methyl sites for hydroxylation is 1. The lowest BCUT2D eigenvalue weighted by Gasteiger charge is -1.99. The monoisotopic (exact) mass is 227 g/mol. The largest absolute Gasteiger partial charge is 0.341 e. The topological polar surface area (TPSA) is 40.7 Å². The SMILES string of the molecule is Cc1ccc(-c2ncc(CNC3CC3)[nH]2)cc1. The van der Waals surface area contributed by atoms with Crippen molar-refractivity contribution in [2.75, 3.05) is 0 Å². The van der Waals surface area contributed by atoms with Crippen LogP contribution in [0.3, 0.4) is 0 Å². The standard InChI is InChI=1S/C14H17N3/c1-10-2-4-11(5-3-10)14-16-9-13(17-14)8-15-12-6-7-12/h2-5,9,12,15H,6-8H2,1H3,(H,16,17). The Kier molecular flexibility index (Phi) is 2.69. The molecular weight excluding hydrogens is 210 g/mol. The molecule has 3 heteroatoms. The summed E-state index contributed by atoms with van der Waals surface area (Å²) in [6.07, 6.45) is 4.56. The molecule has 0 spiro atoms. The van der Waals surface area contributed by atoms with Crippen LogP contribution in [0, 0.1) is 6.92 Å². The summed E-state index contributed by atoms with van der Waals surface area (Å²) in [5, 5.41) is 3.48. The van der Waals surface area contributed by atoms with Crippen LogP contribution >= 0.6 is 0 Å². The summed E-state index contributed by atoms with van der Waals surface area (Å²) in [6.45, 7) is 2.99. The molecule has 3 nitrogen and oxygen atoms in total. The quantitative estimate of drug-likeness (QED) is 0.843. The number of H-pyrrole nitrogens is 1.